The fraction of sp³-hybridized carbons (Fsp3) is 0.500. The summed E-state index contributed by atoms with van der Waals surface area (Å²) >= 11 is 0. The molecule has 1 aromatic heterocycles. The molecule has 0 aliphatic rings. The molecule has 0 saturated heterocycles. The molecule has 6 heteroatoms. The molecule has 0 aromatic carbocycles. The molecule has 0 aliphatic heterocycles. The second-order valence-corrected chi connectivity index (χ2v) is 2.79. The van der Waals surface area contributed by atoms with Crippen LogP contribution in [0.15, 0.2) is 6.20 Å². The van der Waals surface area contributed by atoms with Gasteiger partial charge in [-0.3, -0.25) is 14.8 Å². The number of urea groups is 1. The molecular weight excluding hydrogens is 184 g/mol. The lowest BCUT2D eigenvalue weighted by molar-refractivity contribution is 0.114. The van der Waals surface area contributed by atoms with Gasteiger partial charge in [0.15, 0.2) is 5.82 Å². The van der Waals surface area contributed by atoms with Gasteiger partial charge in [-0.05, 0) is 6.42 Å². The molecule has 0 fully saturated rings. The number of aromatic nitrogens is 2. The Morgan fingerprint density at radius 2 is 2.43 bits per heavy atom. The van der Waals surface area contributed by atoms with E-state index >= 15 is 0 Å². The number of aryl methyl sites for hydroxylation is 2. The van der Waals surface area contributed by atoms with Gasteiger partial charge in [-0.25, -0.2) is 10.3 Å². The van der Waals surface area contributed by atoms with Gasteiger partial charge in [0, 0.05) is 18.8 Å². The van der Waals surface area contributed by atoms with Crippen molar-refractivity contribution >= 4 is 11.8 Å². The van der Waals surface area contributed by atoms with Gasteiger partial charge in [-0.2, -0.15) is 5.10 Å². The van der Waals surface area contributed by atoms with Crippen LogP contribution < -0.4 is 10.8 Å². The standard InChI is InChI=1S/C8H14N4O2/c1-4-6-5-12(2)10-7(6)9-8(13)11-14-3/h5H,4H2,1-3H3,(H2,9,10,11,13). The molecule has 2 N–H and O–H groups in total. The van der Waals surface area contributed by atoms with E-state index in [1.807, 2.05) is 13.1 Å². The minimum absolute atomic E-state index is 0.430. The average molecular weight is 198 g/mol. The lowest BCUT2D eigenvalue weighted by Gasteiger charge is -2.03. The van der Waals surface area contributed by atoms with Crippen LogP contribution in [-0.4, -0.2) is 22.9 Å². The van der Waals surface area contributed by atoms with Crippen LogP contribution in [0.2, 0.25) is 0 Å². The van der Waals surface area contributed by atoms with Crippen LogP contribution in [0.5, 0.6) is 0 Å². The van der Waals surface area contributed by atoms with Gasteiger partial charge in [-0.1, -0.05) is 6.92 Å². The van der Waals surface area contributed by atoms with Crippen LogP contribution in [0.4, 0.5) is 10.6 Å². The van der Waals surface area contributed by atoms with Crippen LogP contribution in [0, 0.1) is 0 Å². The topological polar surface area (TPSA) is 68.2 Å². The Kier molecular flexibility index (Phi) is 3.47. The van der Waals surface area contributed by atoms with E-state index in [4.69, 9.17) is 0 Å². The Balaban J connectivity index is 2.70. The number of nitrogens with one attached hydrogen (secondary N) is 2. The first kappa shape index (κ1) is 10.5. The van der Waals surface area contributed by atoms with E-state index in [2.05, 4.69) is 20.7 Å². The Morgan fingerprint density at radius 3 is 3.00 bits per heavy atom. The molecule has 78 valence electrons. The summed E-state index contributed by atoms with van der Waals surface area (Å²) in [6.07, 6.45) is 2.68. The predicted molar refractivity (Wildman–Crippen MR) is 51.7 cm³/mol. The van der Waals surface area contributed by atoms with Crippen molar-refractivity contribution in [3.05, 3.63) is 11.8 Å². The largest absolute Gasteiger partial charge is 0.344 e. The number of carbonyl (C=O) groups excluding carboxylic acids is 1. The number of amides is 2. The van der Waals surface area contributed by atoms with Crippen molar-refractivity contribution in [2.24, 2.45) is 7.05 Å². The highest BCUT2D eigenvalue weighted by Crippen LogP contribution is 2.12. The number of nitrogens with zero attached hydrogens (tertiary/aromatic N) is 2. The Bertz CT molecular complexity index is 321. The van der Waals surface area contributed by atoms with Crippen LogP contribution in [-0.2, 0) is 18.3 Å². The number of rotatable bonds is 3. The van der Waals surface area contributed by atoms with Gasteiger partial charge in [0.05, 0.1) is 7.11 Å². The molecule has 1 aromatic rings. The van der Waals surface area contributed by atoms with Gasteiger partial charge in [0.2, 0.25) is 0 Å². The summed E-state index contributed by atoms with van der Waals surface area (Å²) in [5.74, 6) is 0.560. The molecular formula is C8H14N4O2. The molecule has 2 amide bonds. The van der Waals surface area contributed by atoms with E-state index in [0.29, 0.717) is 5.82 Å². The van der Waals surface area contributed by atoms with Crippen LogP contribution in [0.1, 0.15) is 12.5 Å². The minimum atomic E-state index is -0.430. The Morgan fingerprint density at radius 1 is 1.71 bits per heavy atom. The first-order chi connectivity index (χ1) is 6.67. The zero-order valence-electron chi connectivity index (χ0n) is 8.50. The molecule has 0 bridgehead atoms. The SMILES string of the molecule is CCc1cn(C)nc1NC(=O)NOC. The Labute approximate surface area is 82.2 Å². The summed E-state index contributed by atoms with van der Waals surface area (Å²) in [6, 6.07) is -0.430. The van der Waals surface area contributed by atoms with Crippen molar-refractivity contribution in [2.45, 2.75) is 13.3 Å². The molecule has 0 unspecified atom stereocenters. The molecule has 14 heavy (non-hydrogen) atoms. The van der Waals surface area contributed by atoms with Gasteiger partial charge in [-0.15, -0.1) is 0 Å². The maximum absolute atomic E-state index is 11.1. The summed E-state index contributed by atoms with van der Waals surface area (Å²) in [7, 11) is 3.18. The maximum Gasteiger partial charge on any atom is 0.344 e. The van der Waals surface area contributed by atoms with Crippen molar-refractivity contribution < 1.29 is 9.63 Å². The summed E-state index contributed by atoms with van der Waals surface area (Å²) in [5.41, 5.74) is 3.14. The second-order valence-electron chi connectivity index (χ2n) is 2.79. The second kappa shape index (κ2) is 4.61. The molecule has 0 radical (unpaired) electrons. The number of anilines is 1. The molecule has 1 heterocycles. The number of hydroxylamine groups is 1. The average Bonchev–Trinajstić information content (AvgIpc) is 2.46. The molecule has 0 aliphatic carbocycles. The molecule has 6 nitrogen and oxygen atoms in total. The van der Waals surface area contributed by atoms with Gasteiger partial charge in [0.1, 0.15) is 0 Å². The van der Waals surface area contributed by atoms with Crippen molar-refractivity contribution in [3.63, 3.8) is 0 Å². The van der Waals surface area contributed by atoms with E-state index in [-0.39, 0.29) is 0 Å². The normalized spacial score (nSPS) is 9.93. The lowest BCUT2D eigenvalue weighted by atomic mass is 10.2. The summed E-state index contributed by atoms with van der Waals surface area (Å²) in [5, 5.41) is 6.67. The minimum Gasteiger partial charge on any atom is -0.289 e. The fourth-order valence-electron chi connectivity index (χ4n) is 1.13. The molecule has 0 spiro atoms. The number of carbonyl (C=O) groups is 1. The fourth-order valence-corrected chi connectivity index (χ4v) is 1.13. The highest BCUT2D eigenvalue weighted by atomic mass is 16.6. The van der Waals surface area contributed by atoms with E-state index in [1.54, 1.807) is 11.7 Å². The van der Waals surface area contributed by atoms with E-state index in [1.165, 1.54) is 7.11 Å². The van der Waals surface area contributed by atoms with Gasteiger partial charge in [0.25, 0.3) is 0 Å². The molecule has 1 rings (SSSR count). The van der Waals surface area contributed by atoms with E-state index < -0.39 is 6.03 Å². The van der Waals surface area contributed by atoms with Crippen LogP contribution in [0.25, 0.3) is 0 Å². The number of hydrogen-bond acceptors (Lipinski definition) is 3. The van der Waals surface area contributed by atoms with E-state index in [9.17, 15) is 4.79 Å². The predicted octanol–water partition coefficient (Wildman–Crippen LogP) is 0.665. The summed E-state index contributed by atoms with van der Waals surface area (Å²) in [4.78, 5) is 15.6. The summed E-state index contributed by atoms with van der Waals surface area (Å²) in [6.45, 7) is 2.00. The highest BCUT2D eigenvalue weighted by molar-refractivity contribution is 5.88. The summed E-state index contributed by atoms with van der Waals surface area (Å²) < 4.78 is 1.65. The van der Waals surface area contributed by atoms with Crippen molar-refractivity contribution in [3.8, 4) is 0 Å². The zero-order chi connectivity index (χ0) is 10.6. The Hall–Kier alpha value is -1.56. The van der Waals surface area contributed by atoms with Crippen LogP contribution >= 0.6 is 0 Å². The molecule has 0 atom stereocenters. The lowest BCUT2D eigenvalue weighted by Crippen LogP contribution is -2.28. The third kappa shape index (κ3) is 2.46. The number of hydrogen-bond donors (Lipinski definition) is 2. The van der Waals surface area contributed by atoms with Gasteiger partial charge >= 0.3 is 6.03 Å². The van der Waals surface area contributed by atoms with Crippen molar-refractivity contribution in [1.29, 1.82) is 0 Å². The first-order valence-corrected chi connectivity index (χ1v) is 4.29. The quantitative estimate of drug-likeness (QED) is 0.701. The third-order valence-corrected chi connectivity index (χ3v) is 1.71. The first-order valence-electron chi connectivity index (χ1n) is 4.29. The van der Waals surface area contributed by atoms with Gasteiger partial charge < -0.3 is 0 Å². The third-order valence-electron chi connectivity index (χ3n) is 1.71. The molecule has 0 saturated carbocycles. The smallest absolute Gasteiger partial charge is 0.289 e. The van der Waals surface area contributed by atoms with Crippen molar-refractivity contribution in [1.82, 2.24) is 15.3 Å². The zero-order valence-corrected chi connectivity index (χ0v) is 8.50. The highest BCUT2D eigenvalue weighted by Gasteiger charge is 2.08. The van der Waals surface area contributed by atoms with Crippen molar-refractivity contribution in [2.75, 3.05) is 12.4 Å². The maximum atomic E-state index is 11.1. The monoisotopic (exact) mass is 198 g/mol. The van der Waals surface area contributed by atoms with Crippen LogP contribution in [0.3, 0.4) is 0 Å². The van der Waals surface area contributed by atoms with E-state index in [0.717, 1.165) is 12.0 Å².